The van der Waals surface area contributed by atoms with E-state index in [2.05, 4.69) is 29.4 Å². The monoisotopic (exact) mass is 310 g/mol. The molecule has 1 aliphatic carbocycles. The van der Waals surface area contributed by atoms with Crippen molar-refractivity contribution in [2.24, 2.45) is 16.8 Å². The number of aliphatic imine (C=N–C) groups is 1. The molecule has 0 aromatic heterocycles. The van der Waals surface area contributed by atoms with Crippen LogP contribution in [0.25, 0.3) is 0 Å². The quantitative estimate of drug-likeness (QED) is 0.579. The highest BCUT2D eigenvalue weighted by Crippen LogP contribution is 2.29. The Kier molecular flexibility index (Phi) is 8.02. The van der Waals surface area contributed by atoms with Crippen LogP contribution in [0.1, 0.15) is 39.5 Å². The summed E-state index contributed by atoms with van der Waals surface area (Å²) < 4.78 is 5.38. The van der Waals surface area contributed by atoms with E-state index in [0.29, 0.717) is 0 Å². The highest BCUT2D eigenvalue weighted by molar-refractivity contribution is 5.79. The van der Waals surface area contributed by atoms with E-state index in [1.165, 1.54) is 25.7 Å². The van der Waals surface area contributed by atoms with Crippen LogP contribution in [0.5, 0.6) is 0 Å². The van der Waals surface area contributed by atoms with Crippen LogP contribution in [-0.4, -0.2) is 63.3 Å². The van der Waals surface area contributed by atoms with E-state index in [1.807, 2.05) is 0 Å². The minimum atomic E-state index is 0.767. The zero-order valence-electron chi connectivity index (χ0n) is 14.4. The minimum Gasteiger partial charge on any atom is -0.379 e. The molecule has 2 unspecified atom stereocenters. The first-order valence-corrected chi connectivity index (χ1v) is 9.12. The molecular formula is C17H34N4O. The van der Waals surface area contributed by atoms with Gasteiger partial charge in [0.1, 0.15) is 0 Å². The van der Waals surface area contributed by atoms with Gasteiger partial charge in [-0.15, -0.1) is 0 Å². The summed E-state index contributed by atoms with van der Waals surface area (Å²) in [5, 5.41) is 6.85. The molecule has 2 rings (SSSR count). The third-order valence-corrected chi connectivity index (χ3v) is 4.94. The van der Waals surface area contributed by atoms with Crippen molar-refractivity contribution in [2.75, 3.05) is 52.5 Å². The summed E-state index contributed by atoms with van der Waals surface area (Å²) >= 11 is 0. The van der Waals surface area contributed by atoms with Crippen molar-refractivity contribution in [3.8, 4) is 0 Å². The van der Waals surface area contributed by atoms with Crippen LogP contribution in [0.3, 0.4) is 0 Å². The van der Waals surface area contributed by atoms with Crippen molar-refractivity contribution in [2.45, 2.75) is 39.5 Å². The molecule has 1 saturated carbocycles. The lowest BCUT2D eigenvalue weighted by Gasteiger charge is -2.28. The van der Waals surface area contributed by atoms with E-state index in [-0.39, 0.29) is 0 Å². The first kappa shape index (κ1) is 17.5. The Morgan fingerprint density at radius 3 is 2.68 bits per heavy atom. The molecule has 0 bridgehead atoms. The molecule has 22 heavy (non-hydrogen) atoms. The molecule has 128 valence electrons. The standard InChI is InChI=1S/C17H34N4O/c1-3-18-17(19-8-9-21-10-12-22-13-11-21)20-14-16-7-5-4-6-15(16)2/h15-16H,3-14H2,1-2H3,(H2,18,19,20). The second-order valence-corrected chi connectivity index (χ2v) is 6.62. The molecule has 2 atom stereocenters. The first-order chi connectivity index (χ1) is 10.8. The van der Waals surface area contributed by atoms with Crippen molar-refractivity contribution >= 4 is 5.96 Å². The summed E-state index contributed by atoms with van der Waals surface area (Å²) in [5.74, 6) is 2.57. The van der Waals surface area contributed by atoms with Gasteiger partial charge in [0.25, 0.3) is 0 Å². The van der Waals surface area contributed by atoms with Gasteiger partial charge in [-0.05, 0) is 25.2 Å². The molecule has 2 fully saturated rings. The SMILES string of the molecule is CCNC(=NCC1CCCCC1C)NCCN1CCOCC1. The van der Waals surface area contributed by atoms with E-state index in [0.717, 1.165) is 70.3 Å². The number of guanidine groups is 1. The summed E-state index contributed by atoms with van der Waals surface area (Å²) in [6, 6.07) is 0. The Hall–Kier alpha value is -0.810. The summed E-state index contributed by atoms with van der Waals surface area (Å²) in [5.41, 5.74) is 0. The van der Waals surface area contributed by atoms with Gasteiger partial charge in [0, 0.05) is 39.3 Å². The molecule has 1 aliphatic heterocycles. The van der Waals surface area contributed by atoms with Crippen LogP contribution in [0, 0.1) is 11.8 Å². The van der Waals surface area contributed by atoms with E-state index in [1.54, 1.807) is 0 Å². The average molecular weight is 310 g/mol. The zero-order valence-corrected chi connectivity index (χ0v) is 14.4. The molecule has 0 amide bonds. The fourth-order valence-corrected chi connectivity index (χ4v) is 3.37. The van der Waals surface area contributed by atoms with Gasteiger partial charge >= 0.3 is 0 Å². The number of hydrogen-bond donors (Lipinski definition) is 2. The highest BCUT2D eigenvalue weighted by Gasteiger charge is 2.20. The van der Waals surface area contributed by atoms with E-state index in [9.17, 15) is 0 Å². The molecule has 0 radical (unpaired) electrons. The lowest BCUT2D eigenvalue weighted by Crippen LogP contribution is -2.44. The van der Waals surface area contributed by atoms with Crippen molar-refractivity contribution in [1.82, 2.24) is 15.5 Å². The van der Waals surface area contributed by atoms with E-state index < -0.39 is 0 Å². The lowest BCUT2D eigenvalue weighted by atomic mass is 9.80. The summed E-state index contributed by atoms with van der Waals surface area (Å²) in [7, 11) is 0. The Bertz CT molecular complexity index is 329. The highest BCUT2D eigenvalue weighted by atomic mass is 16.5. The molecular weight excluding hydrogens is 276 g/mol. The molecule has 5 nitrogen and oxygen atoms in total. The number of nitrogens with one attached hydrogen (secondary N) is 2. The summed E-state index contributed by atoms with van der Waals surface area (Å²) in [6.07, 6.45) is 5.50. The number of nitrogens with zero attached hydrogens (tertiary/aromatic N) is 2. The molecule has 2 N–H and O–H groups in total. The number of rotatable bonds is 6. The van der Waals surface area contributed by atoms with Crippen molar-refractivity contribution in [3.63, 3.8) is 0 Å². The first-order valence-electron chi connectivity index (χ1n) is 9.12. The predicted molar refractivity (Wildman–Crippen MR) is 92.4 cm³/mol. The third-order valence-electron chi connectivity index (χ3n) is 4.94. The normalized spacial score (nSPS) is 27.6. The van der Waals surface area contributed by atoms with Gasteiger partial charge < -0.3 is 15.4 Å². The van der Waals surface area contributed by atoms with Crippen molar-refractivity contribution in [3.05, 3.63) is 0 Å². The van der Waals surface area contributed by atoms with Gasteiger partial charge in [0.15, 0.2) is 5.96 Å². The smallest absolute Gasteiger partial charge is 0.191 e. The molecule has 2 aliphatic rings. The van der Waals surface area contributed by atoms with Crippen LogP contribution in [0.2, 0.25) is 0 Å². The number of morpholine rings is 1. The molecule has 1 saturated heterocycles. The van der Waals surface area contributed by atoms with Crippen LogP contribution in [-0.2, 0) is 4.74 Å². The van der Waals surface area contributed by atoms with Crippen LogP contribution in [0.15, 0.2) is 4.99 Å². The van der Waals surface area contributed by atoms with Gasteiger partial charge in [-0.3, -0.25) is 9.89 Å². The maximum atomic E-state index is 5.38. The second-order valence-electron chi connectivity index (χ2n) is 6.62. The Balaban J connectivity index is 1.71. The maximum Gasteiger partial charge on any atom is 0.191 e. The number of ether oxygens (including phenoxy) is 1. The third kappa shape index (κ3) is 6.13. The molecule has 0 aromatic rings. The molecule has 1 heterocycles. The predicted octanol–water partition coefficient (Wildman–Crippen LogP) is 1.70. The van der Waals surface area contributed by atoms with Crippen LogP contribution < -0.4 is 10.6 Å². The lowest BCUT2D eigenvalue weighted by molar-refractivity contribution is 0.0389. The summed E-state index contributed by atoms with van der Waals surface area (Å²) in [4.78, 5) is 7.27. The maximum absolute atomic E-state index is 5.38. The van der Waals surface area contributed by atoms with Crippen molar-refractivity contribution in [1.29, 1.82) is 0 Å². The Labute approximate surface area is 135 Å². The van der Waals surface area contributed by atoms with E-state index >= 15 is 0 Å². The van der Waals surface area contributed by atoms with Gasteiger partial charge in [-0.2, -0.15) is 0 Å². The molecule has 5 heteroatoms. The minimum absolute atomic E-state index is 0.767. The molecule has 0 spiro atoms. The van der Waals surface area contributed by atoms with Crippen LogP contribution >= 0.6 is 0 Å². The van der Waals surface area contributed by atoms with Gasteiger partial charge in [-0.25, -0.2) is 0 Å². The zero-order chi connectivity index (χ0) is 15.6. The fourth-order valence-electron chi connectivity index (χ4n) is 3.37. The molecule has 0 aromatic carbocycles. The van der Waals surface area contributed by atoms with Crippen molar-refractivity contribution < 1.29 is 4.74 Å². The fraction of sp³-hybridized carbons (Fsp3) is 0.941. The van der Waals surface area contributed by atoms with E-state index in [4.69, 9.17) is 9.73 Å². The topological polar surface area (TPSA) is 48.9 Å². The Morgan fingerprint density at radius 1 is 1.18 bits per heavy atom. The largest absolute Gasteiger partial charge is 0.379 e. The van der Waals surface area contributed by atoms with Gasteiger partial charge in [0.2, 0.25) is 0 Å². The van der Waals surface area contributed by atoms with Crippen LogP contribution in [0.4, 0.5) is 0 Å². The second kappa shape index (κ2) is 10.1. The Morgan fingerprint density at radius 2 is 1.95 bits per heavy atom. The number of hydrogen-bond acceptors (Lipinski definition) is 3. The van der Waals surface area contributed by atoms with Gasteiger partial charge in [0.05, 0.1) is 13.2 Å². The summed E-state index contributed by atoms with van der Waals surface area (Å²) in [6.45, 7) is 12.3. The van der Waals surface area contributed by atoms with Gasteiger partial charge in [-0.1, -0.05) is 26.2 Å². The average Bonchev–Trinajstić information content (AvgIpc) is 2.55.